The number of nitrogens with one attached hydrogen (secondary N) is 1. The van der Waals surface area contributed by atoms with Crippen molar-refractivity contribution in [1.29, 1.82) is 0 Å². The van der Waals surface area contributed by atoms with Gasteiger partial charge in [0.2, 0.25) is 10.0 Å². The third-order valence-electron chi connectivity index (χ3n) is 9.48. The smallest absolute Gasteiger partial charge is 0.301 e. The van der Waals surface area contributed by atoms with Gasteiger partial charge in [-0.25, -0.2) is 8.42 Å². The van der Waals surface area contributed by atoms with Gasteiger partial charge in [-0.05, 0) is 44.6 Å². The molecule has 232 valence electrons. The lowest BCUT2D eigenvalue weighted by atomic mass is 9.75. The second-order valence-corrected chi connectivity index (χ2v) is 14.8. The summed E-state index contributed by atoms with van der Waals surface area (Å²) < 4.78 is 59.8. The Labute approximate surface area is 243 Å². The number of Topliss-reactive ketones (excluding diaryl/α,β-unsaturated/α-hetero) is 1. The minimum Gasteiger partial charge on any atom is -0.378 e. The fourth-order valence-electron chi connectivity index (χ4n) is 7.49. The molecule has 3 heterocycles. The molecule has 2 N–H and O–H groups in total. The fourth-order valence-corrected chi connectivity index (χ4v) is 9.70. The molecule has 11 nitrogen and oxygen atoms in total. The summed E-state index contributed by atoms with van der Waals surface area (Å²) in [5, 5.41) is 3.41. The van der Waals surface area contributed by atoms with Gasteiger partial charge in [0.15, 0.2) is 5.78 Å². The zero-order valence-corrected chi connectivity index (χ0v) is 26.0. The van der Waals surface area contributed by atoms with Crippen molar-refractivity contribution < 1.29 is 30.9 Å². The van der Waals surface area contributed by atoms with E-state index in [1.54, 1.807) is 4.31 Å². The van der Waals surface area contributed by atoms with Crippen molar-refractivity contribution >= 4 is 27.2 Å². The van der Waals surface area contributed by atoms with E-state index in [2.05, 4.69) is 35.9 Å². The first-order valence-corrected chi connectivity index (χ1v) is 17.8. The van der Waals surface area contributed by atoms with Crippen LogP contribution in [0.5, 0.6) is 0 Å². The molecule has 4 fully saturated rings. The third-order valence-corrected chi connectivity index (χ3v) is 12.2. The van der Waals surface area contributed by atoms with Crippen molar-refractivity contribution in [3.05, 3.63) is 0 Å². The van der Waals surface area contributed by atoms with Gasteiger partial charge in [0.05, 0.1) is 24.0 Å². The number of likely N-dealkylation sites (N-methyl/N-ethyl adjacent to an activating group) is 1. The van der Waals surface area contributed by atoms with Crippen molar-refractivity contribution in [2.45, 2.75) is 95.2 Å². The van der Waals surface area contributed by atoms with E-state index in [0.717, 1.165) is 32.4 Å². The first-order valence-electron chi connectivity index (χ1n) is 15.3. The Morgan fingerprint density at radius 2 is 1.82 bits per heavy atom. The van der Waals surface area contributed by atoms with Crippen LogP contribution in [0.15, 0.2) is 0 Å². The summed E-state index contributed by atoms with van der Waals surface area (Å²) in [5.74, 6) is 0.693. The Morgan fingerprint density at radius 1 is 1.07 bits per heavy atom. The molecule has 0 radical (unpaired) electrons. The molecular weight excluding hydrogens is 556 g/mol. The van der Waals surface area contributed by atoms with Crippen LogP contribution in [0, 0.1) is 11.8 Å². The molecule has 1 saturated carbocycles. The summed E-state index contributed by atoms with van der Waals surface area (Å²) >= 11 is -2.29. The van der Waals surface area contributed by atoms with E-state index in [0.29, 0.717) is 76.7 Å². The second-order valence-electron chi connectivity index (χ2n) is 11.9. The number of carbonyl (C=O) groups is 1. The maximum atomic E-state index is 13.8. The maximum absolute atomic E-state index is 13.8. The predicted octanol–water partition coefficient (Wildman–Crippen LogP) is 1.47. The van der Waals surface area contributed by atoms with Gasteiger partial charge in [-0.2, -0.15) is 8.51 Å². The second kappa shape index (κ2) is 14.8. The van der Waals surface area contributed by atoms with Crippen LogP contribution in [0.25, 0.3) is 0 Å². The van der Waals surface area contributed by atoms with Gasteiger partial charge in [-0.15, -0.1) is 0 Å². The summed E-state index contributed by atoms with van der Waals surface area (Å²) in [7, 11) is -3.51. The van der Waals surface area contributed by atoms with E-state index >= 15 is 0 Å². The lowest BCUT2D eigenvalue weighted by Gasteiger charge is -2.46. The molecule has 0 aromatic heterocycles. The zero-order valence-electron chi connectivity index (χ0n) is 24.4. The predicted molar refractivity (Wildman–Crippen MR) is 155 cm³/mol. The van der Waals surface area contributed by atoms with Gasteiger partial charge in [0.25, 0.3) is 0 Å². The number of ketones is 1. The molecule has 13 heteroatoms. The van der Waals surface area contributed by atoms with E-state index < -0.39 is 26.6 Å². The van der Waals surface area contributed by atoms with E-state index in [9.17, 15) is 17.4 Å². The van der Waals surface area contributed by atoms with Crippen LogP contribution in [-0.2, 0) is 35.1 Å². The minimum atomic E-state index is -3.51. The first-order chi connectivity index (χ1) is 19.2. The number of ether oxygens (including phenoxy) is 1. The molecule has 0 aromatic rings. The Hall–Kier alpha value is -0.510. The highest BCUT2D eigenvalue weighted by atomic mass is 32.2. The number of hydrogen-bond donors (Lipinski definition) is 2. The van der Waals surface area contributed by atoms with Crippen molar-refractivity contribution in [1.82, 2.24) is 19.4 Å². The molecule has 8 atom stereocenters. The Kier molecular flexibility index (Phi) is 12.0. The first kappa shape index (κ1) is 32.4. The molecule has 0 bridgehead atoms. The van der Waals surface area contributed by atoms with E-state index in [1.165, 1.54) is 0 Å². The van der Waals surface area contributed by atoms with Crippen LogP contribution in [0.3, 0.4) is 0 Å². The van der Waals surface area contributed by atoms with Gasteiger partial charge in [0.1, 0.15) is 0 Å². The largest absolute Gasteiger partial charge is 0.378 e. The molecule has 1 aliphatic carbocycles. The van der Waals surface area contributed by atoms with Crippen molar-refractivity contribution in [3.8, 4) is 0 Å². The van der Waals surface area contributed by atoms with E-state index in [1.807, 2.05) is 0 Å². The van der Waals surface area contributed by atoms with Gasteiger partial charge in [-0.1, -0.05) is 27.2 Å². The molecule has 40 heavy (non-hydrogen) atoms. The number of sulfonamides is 1. The van der Waals surface area contributed by atoms with Crippen molar-refractivity contribution in [3.63, 3.8) is 0 Å². The highest BCUT2D eigenvalue weighted by Crippen LogP contribution is 2.39. The number of piperazine rings is 1. The topological polar surface area (TPSA) is 129 Å². The van der Waals surface area contributed by atoms with Gasteiger partial charge >= 0.3 is 11.4 Å². The molecule has 4 rings (SSSR count). The Morgan fingerprint density at radius 3 is 2.48 bits per heavy atom. The summed E-state index contributed by atoms with van der Waals surface area (Å²) in [6.07, 6.45) is 5.21. The van der Waals surface area contributed by atoms with Crippen molar-refractivity contribution in [2.24, 2.45) is 11.8 Å². The summed E-state index contributed by atoms with van der Waals surface area (Å²) in [4.78, 5) is 17.9. The summed E-state index contributed by atoms with van der Waals surface area (Å²) in [6.45, 7) is 11.4. The third kappa shape index (κ3) is 7.52. The van der Waals surface area contributed by atoms with Gasteiger partial charge in [-0.3, -0.25) is 23.3 Å². The number of carbonyl (C=O) groups excluding carboxylic acids is 1. The highest BCUT2D eigenvalue weighted by Gasteiger charge is 2.52. The average Bonchev–Trinajstić information content (AvgIpc) is 3.30. The molecule has 0 amide bonds. The highest BCUT2D eigenvalue weighted by molar-refractivity contribution is 7.89. The van der Waals surface area contributed by atoms with Crippen LogP contribution in [-0.4, -0.2) is 126 Å². The zero-order chi connectivity index (χ0) is 28.9. The fraction of sp³-hybridized carbons (Fsp3) is 0.963. The number of hydrogen-bond acceptors (Lipinski definition) is 9. The minimum absolute atomic E-state index is 0.0271. The molecule has 8 unspecified atom stereocenters. The Bertz CT molecular complexity index is 963. The normalized spacial score (nSPS) is 35.6. The quantitative estimate of drug-likeness (QED) is 0.298. The number of likely N-dealkylation sites (tertiary alicyclic amines) is 1. The van der Waals surface area contributed by atoms with Crippen LogP contribution in [0.1, 0.15) is 65.7 Å². The van der Waals surface area contributed by atoms with Crippen LogP contribution in [0.4, 0.5) is 0 Å². The SMILES string of the molecule is CCCOC1CCC(S(=O)(=O)N2CCN(CCOS(=O)O)CC2)CC1C1CC(=O)C2C(N1)C(CCC)CN2CC. The maximum Gasteiger partial charge on any atom is 0.301 e. The van der Waals surface area contributed by atoms with Crippen LogP contribution >= 0.6 is 0 Å². The van der Waals surface area contributed by atoms with Gasteiger partial charge < -0.3 is 10.1 Å². The summed E-state index contributed by atoms with van der Waals surface area (Å²) in [5.41, 5.74) is 0. The monoisotopic (exact) mass is 606 g/mol. The van der Waals surface area contributed by atoms with Gasteiger partial charge in [0, 0.05) is 70.3 Å². The van der Waals surface area contributed by atoms with E-state index in [-0.39, 0.29) is 36.8 Å². The van der Waals surface area contributed by atoms with Crippen LogP contribution in [0.2, 0.25) is 0 Å². The molecule has 3 aliphatic heterocycles. The molecular formula is C27H50N4O7S2. The number of rotatable bonds is 13. The summed E-state index contributed by atoms with van der Waals surface area (Å²) in [6, 6.07) is -0.0241. The Balaban J connectivity index is 1.44. The standard InChI is InChI=1S/C27H50N4O7S2/c1-4-7-20-19-30(6-3)27-24(32)18-23(28-26(20)27)22-17-21(8-9-25(22)37-15-5-2)40(35,36)31-12-10-29(11-13-31)14-16-38-39(33)34/h20-23,25-28H,4-19H2,1-3H3,(H,33,34). The number of fused-ring (bicyclic) bond motifs is 1. The number of piperidine rings is 1. The average molecular weight is 607 g/mol. The van der Waals surface area contributed by atoms with Crippen LogP contribution < -0.4 is 5.32 Å². The number of nitrogens with zero attached hydrogens (tertiary/aromatic N) is 3. The van der Waals surface area contributed by atoms with E-state index in [4.69, 9.17) is 13.5 Å². The molecule has 3 saturated heterocycles. The van der Waals surface area contributed by atoms with Crippen molar-refractivity contribution in [2.75, 3.05) is 59.0 Å². The lowest BCUT2D eigenvalue weighted by molar-refractivity contribution is -0.128. The molecule has 4 aliphatic rings. The molecule has 0 aromatic carbocycles. The molecule has 0 spiro atoms. The lowest BCUT2D eigenvalue weighted by Crippen LogP contribution is -2.62.